The van der Waals surface area contributed by atoms with Gasteiger partial charge in [0, 0.05) is 43.4 Å². The third-order valence-corrected chi connectivity index (χ3v) is 6.05. The number of nitrogens with one attached hydrogen (secondary N) is 1. The highest BCUT2D eigenvalue weighted by molar-refractivity contribution is 7.16. The van der Waals surface area contributed by atoms with Crippen molar-refractivity contribution in [1.29, 1.82) is 0 Å². The molecule has 0 spiro atoms. The third kappa shape index (κ3) is 4.77. The van der Waals surface area contributed by atoms with Crippen LogP contribution >= 0.6 is 22.9 Å². The van der Waals surface area contributed by atoms with Gasteiger partial charge in [0.15, 0.2) is 5.65 Å². The highest BCUT2D eigenvalue weighted by atomic mass is 35.5. The van der Waals surface area contributed by atoms with Crippen LogP contribution in [-0.2, 0) is 11.2 Å². The minimum absolute atomic E-state index is 0.146. The molecule has 0 amide bonds. The highest BCUT2D eigenvalue weighted by Crippen LogP contribution is 2.31. The number of aliphatic imine (C=N–C) groups is 1. The first-order valence-corrected chi connectivity index (χ1v) is 10.9. The van der Waals surface area contributed by atoms with Crippen LogP contribution < -0.4 is 11.1 Å². The van der Waals surface area contributed by atoms with Crippen molar-refractivity contribution in [2.24, 2.45) is 10.7 Å². The molecule has 32 heavy (non-hydrogen) atoms. The zero-order valence-corrected chi connectivity index (χ0v) is 19.0. The van der Waals surface area contributed by atoms with E-state index in [1.807, 2.05) is 40.9 Å². The number of rotatable bonds is 7. The van der Waals surface area contributed by atoms with Gasteiger partial charge in [0.05, 0.1) is 16.1 Å². The molecule has 9 nitrogen and oxygen atoms in total. The lowest BCUT2D eigenvalue weighted by atomic mass is 10.2. The first-order valence-electron chi connectivity index (χ1n) is 9.68. The first-order chi connectivity index (χ1) is 15.6. The summed E-state index contributed by atoms with van der Waals surface area (Å²) in [5, 5.41) is 11.7. The number of hydrogen-bond acceptors (Lipinski definition) is 8. The Balaban J connectivity index is 1.58. The molecule has 0 aliphatic carbocycles. The normalized spacial score (nSPS) is 13.2. The number of aromatic nitrogens is 5. The molecule has 0 fully saturated rings. The Kier molecular flexibility index (Phi) is 6.74. The van der Waals surface area contributed by atoms with Crippen LogP contribution in [0.1, 0.15) is 16.8 Å². The number of hydrogen-bond donors (Lipinski definition) is 2. The molecule has 4 rings (SSSR count). The van der Waals surface area contributed by atoms with Gasteiger partial charge in [-0.15, -0.1) is 21.5 Å². The Morgan fingerprint density at radius 2 is 2.22 bits per heavy atom. The van der Waals surface area contributed by atoms with E-state index in [-0.39, 0.29) is 6.10 Å². The van der Waals surface area contributed by atoms with Crippen LogP contribution in [0.3, 0.4) is 0 Å². The summed E-state index contributed by atoms with van der Waals surface area (Å²) in [7, 11) is 3.34. The van der Waals surface area contributed by atoms with E-state index in [2.05, 4.69) is 30.5 Å². The van der Waals surface area contributed by atoms with Crippen molar-refractivity contribution < 1.29 is 4.74 Å². The molecule has 164 valence electrons. The van der Waals surface area contributed by atoms with Crippen LogP contribution in [0.15, 0.2) is 60.0 Å². The Morgan fingerprint density at radius 3 is 2.94 bits per heavy atom. The van der Waals surface area contributed by atoms with Crippen molar-refractivity contribution >= 4 is 40.4 Å². The largest absolute Gasteiger partial charge is 0.404 e. The highest BCUT2D eigenvalue weighted by Gasteiger charge is 2.18. The molecule has 4 aromatic rings. The van der Waals surface area contributed by atoms with E-state index in [0.717, 1.165) is 26.3 Å². The van der Waals surface area contributed by atoms with Gasteiger partial charge in [-0.05, 0) is 42.6 Å². The van der Waals surface area contributed by atoms with E-state index in [1.54, 1.807) is 26.4 Å². The standard InChI is InChI=1S/C21H21ClN8OS/c1-24-18(5-8-23)27-21-25-9-6-14(26-21)13-7-10-30-19(11-13)28-29-20(30)12-15(31-2)16-3-4-17(22)32-16/h3-11,15H,12,23H2,1-2H3,(H,24,25,26,27). The van der Waals surface area contributed by atoms with Gasteiger partial charge >= 0.3 is 0 Å². The molecular formula is C21H21ClN8OS. The molecule has 0 aliphatic heterocycles. The molecule has 3 N–H and O–H groups in total. The van der Waals surface area contributed by atoms with Crippen LogP contribution in [0.4, 0.5) is 5.95 Å². The summed E-state index contributed by atoms with van der Waals surface area (Å²) >= 11 is 7.58. The number of nitrogens with zero attached hydrogens (tertiary/aromatic N) is 6. The minimum Gasteiger partial charge on any atom is -0.404 e. The van der Waals surface area contributed by atoms with Gasteiger partial charge in [0.2, 0.25) is 5.95 Å². The lowest BCUT2D eigenvalue weighted by Gasteiger charge is -2.12. The van der Waals surface area contributed by atoms with Gasteiger partial charge < -0.3 is 15.8 Å². The number of anilines is 1. The summed E-state index contributed by atoms with van der Waals surface area (Å²) in [5.41, 5.74) is 7.78. The summed E-state index contributed by atoms with van der Waals surface area (Å²) in [6, 6.07) is 9.57. The molecule has 1 atom stereocenters. The molecule has 0 aromatic carbocycles. The van der Waals surface area contributed by atoms with Crippen molar-refractivity contribution in [2.45, 2.75) is 12.5 Å². The molecule has 0 saturated carbocycles. The van der Waals surface area contributed by atoms with Crippen LogP contribution in [-0.4, -0.2) is 44.6 Å². The molecule has 0 radical (unpaired) electrons. The fourth-order valence-corrected chi connectivity index (χ4v) is 4.30. The second-order valence-electron chi connectivity index (χ2n) is 6.69. The number of methoxy groups -OCH3 is 1. The fraction of sp³-hybridized carbons (Fsp3) is 0.190. The Hall–Kier alpha value is -3.34. The maximum atomic E-state index is 6.08. The molecule has 1 unspecified atom stereocenters. The predicted octanol–water partition coefficient (Wildman–Crippen LogP) is 3.74. The van der Waals surface area contributed by atoms with Gasteiger partial charge in [-0.3, -0.25) is 9.39 Å². The Bertz CT molecular complexity index is 1280. The van der Waals surface area contributed by atoms with Crippen molar-refractivity contribution in [3.63, 3.8) is 0 Å². The number of halogens is 1. The van der Waals surface area contributed by atoms with Gasteiger partial charge in [-0.25, -0.2) is 9.97 Å². The van der Waals surface area contributed by atoms with Crippen molar-refractivity contribution in [3.8, 4) is 11.3 Å². The van der Waals surface area contributed by atoms with Crippen LogP contribution in [0.25, 0.3) is 16.9 Å². The molecule has 11 heteroatoms. The van der Waals surface area contributed by atoms with Crippen molar-refractivity contribution in [1.82, 2.24) is 24.6 Å². The molecule has 0 bridgehead atoms. The van der Waals surface area contributed by atoms with Crippen molar-refractivity contribution in [3.05, 3.63) is 70.0 Å². The van der Waals surface area contributed by atoms with Crippen molar-refractivity contribution in [2.75, 3.05) is 19.5 Å². The average molecular weight is 469 g/mol. The number of amidine groups is 1. The van der Waals surface area contributed by atoms with Crippen LogP contribution in [0.5, 0.6) is 0 Å². The van der Waals surface area contributed by atoms with E-state index < -0.39 is 0 Å². The maximum Gasteiger partial charge on any atom is 0.228 e. The summed E-state index contributed by atoms with van der Waals surface area (Å²) in [6.07, 6.45) is 7.07. The van der Waals surface area contributed by atoms with E-state index in [9.17, 15) is 0 Å². The quantitative estimate of drug-likeness (QED) is 0.313. The topological polar surface area (TPSA) is 116 Å². The molecule has 4 heterocycles. The Labute approximate surface area is 193 Å². The Morgan fingerprint density at radius 1 is 1.34 bits per heavy atom. The third-order valence-electron chi connectivity index (χ3n) is 4.73. The zero-order valence-electron chi connectivity index (χ0n) is 17.4. The second-order valence-corrected chi connectivity index (χ2v) is 8.44. The smallest absolute Gasteiger partial charge is 0.228 e. The van der Waals surface area contributed by atoms with E-state index in [4.69, 9.17) is 22.1 Å². The lowest BCUT2D eigenvalue weighted by Crippen LogP contribution is -2.12. The van der Waals surface area contributed by atoms with Crippen LogP contribution in [0.2, 0.25) is 4.34 Å². The molecule has 4 aromatic heterocycles. The number of thiophene rings is 1. The zero-order chi connectivity index (χ0) is 22.5. The summed E-state index contributed by atoms with van der Waals surface area (Å²) < 4.78 is 8.33. The number of ether oxygens (including phenoxy) is 1. The number of nitrogens with two attached hydrogens (primary N) is 1. The molecular weight excluding hydrogens is 448 g/mol. The summed E-state index contributed by atoms with van der Waals surface area (Å²) in [6.45, 7) is 0. The fourth-order valence-electron chi connectivity index (χ4n) is 3.16. The summed E-state index contributed by atoms with van der Waals surface area (Å²) in [5.74, 6) is 1.77. The van der Waals surface area contributed by atoms with Crippen LogP contribution in [0, 0.1) is 0 Å². The maximum absolute atomic E-state index is 6.08. The second kappa shape index (κ2) is 9.86. The monoisotopic (exact) mass is 468 g/mol. The molecule has 0 saturated heterocycles. The average Bonchev–Trinajstić information content (AvgIpc) is 3.42. The van der Waals surface area contributed by atoms with Gasteiger partial charge in [-0.1, -0.05) is 11.6 Å². The lowest BCUT2D eigenvalue weighted by molar-refractivity contribution is 0.104. The van der Waals surface area contributed by atoms with Gasteiger partial charge in [-0.2, -0.15) is 0 Å². The minimum atomic E-state index is -0.146. The van der Waals surface area contributed by atoms with Gasteiger partial charge in [0.25, 0.3) is 0 Å². The molecule has 0 aliphatic rings. The van der Waals surface area contributed by atoms with E-state index in [1.165, 1.54) is 17.5 Å². The predicted molar refractivity (Wildman–Crippen MR) is 127 cm³/mol. The van der Waals surface area contributed by atoms with E-state index in [0.29, 0.717) is 23.9 Å². The van der Waals surface area contributed by atoms with E-state index >= 15 is 0 Å². The SMILES string of the molecule is CN=C(C=CN)Nc1nccc(-c2ccn3c(CC(OC)c4ccc(Cl)s4)nnc3c2)n1. The first kappa shape index (κ1) is 21.9. The van der Waals surface area contributed by atoms with Gasteiger partial charge in [0.1, 0.15) is 11.7 Å². The number of pyridine rings is 1. The number of fused-ring (bicyclic) bond motifs is 1. The summed E-state index contributed by atoms with van der Waals surface area (Å²) in [4.78, 5) is 13.9.